The van der Waals surface area contributed by atoms with E-state index in [0.29, 0.717) is 19.8 Å². The summed E-state index contributed by atoms with van der Waals surface area (Å²) in [6.45, 7) is 2.93. The molecule has 2 aromatic rings. The molecule has 1 saturated heterocycles. The van der Waals surface area contributed by atoms with E-state index in [2.05, 4.69) is 27.7 Å². The van der Waals surface area contributed by atoms with Crippen molar-refractivity contribution < 1.29 is 9.47 Å². The van der Waals surface area contributed by atoms with E-state index in [4.69, 9.17) is 9.47 Å². The average Bonchev–Trinajstić information content (AvgIpc) is 3.03. The van der Waals surface area contributed by atoms with E-state index < -0.39 is 0 Å². The van der Waals surface area contributed by atoms with E-state index in [0.717, 1.165) is 23.9 Å². The van der Waals surface area contributed by atoms with Crippen molar-refractivity contribution in [3.63, 3.8) is 0 Å². The van der Waals surface area contributed by atoms with E-state index in [1.54, 1.807) is 11.8 Å². The quantitative estimate of drug-likeness (QED) is 0.546. The fraction of sp³-hybridized carbons (Fsp3) is 0.562. The number of aromatic nitrogens is 4. The van der Waals surface area contributed by atoms with Gasteiger partial charge in [0.2, 0.25) is 5.16 Å². The molecule has 0 bridgehead atoms. The van der Waals surface area contributed by atoms with Crippen LogP contribution in [0.3, 0.4) is 0 Å². The number of tetrazole rings is 1. The van der Waals surface area contributed by atoms with Gasteiger partial charge in [-0.2, -0.15) is 0 Å². The van der Waals surface area contributed by atoms with Crippen LogP contribution >= 0.6 is 11.8 Å². The maximum atomic E-state index is 5.71. The van der Waals surface area contributed by atoms with Gasteiger partial charge < -0.3 is 9.47 Å². The minimum Gasteiger partial charge on any atom is -0.378 e. The first-order valence-corrected chi connectivity index (χ1v) is 9.02. The lowest BCUT2D eigenvalue weighted by Gasteiger charge is -2.22. The summed E-state index contributed by atoms with van der Waals surface area (Å²) in [5.41, 5.74) is 1.19. The fourth-order valence-electron chi connectivity index (χ4n) is 2.50. The summed E-state index contributed by atoms with van der Waals surface area (Å²) in [6.07, 6.45) is 3.81. The zero-order valence-electron chi connectivity index (χ0n) is 13.1. The van der Waals surface area contributed by atoms with Gasteiger partial charge in [-0.15, -0.1) is 5.10 Å². The van der Waals surface area contributed by atoms with Crippen LogP contribution in [0.1, 0.15) is 24.8 Å². The second kappa shape index (κ2) is 9.00. The van der Waals surface area contributed by atoms with Crippen LogP contribution in [0.4, 0.5) is 0 Å². The highest BCUT2D eigenvalue weighted by atomic mass is 32.2. The number of thioether (sulfide) groups is 1. The highest BCUT2D eigenvalue weighted by Gasteiger charge is 2.13. The maximum absolute atomic E-state index is 5.71. The zero-order chi connectivity index (χ0) is 15.7. The average molecular weight is 334 g/mol. The normalized spacial score (nSPS) is 18.2. The topological polar surface area (TPSA) is 62.1 Å². The largest absolute Gasteiger partial charge is 0.378 e. The molecule has 0 saturated carbocycles. The summed E-state index contributed by atoms with van der Waals surface area (Å²) in [5, 5.41) is 12.7. The van der Waals surface area contributed by atoms with Gasteiger partial charge in [0.25, 0.3) is 0 Å². The van der Waals surface area contributed by atoms with Crippen LogP contribution in [-0.2, 0) is 16.0 Å². The first kappa shape index (κ1) is 16.4. The molecule has 3 rings (SSSR count). The van der Waals surface area contributed by atoms with Crippen LogP contribution in [0.15, 0.2) is 35.5 Å². The molecule has 0 N–H and O–H groups in total. The molecule has 7 heteroatoms. The number of rotatable bonds is 8. The summed E-state index contributed by atoms with van der Waals surface area (Å²) in [4.78, 5) is 0. The number of benzene rings is 1. The Bertz CT molecular complexity index is 572. The molecule has 1 atom stereocenters. The SMILES string of the molecule is c1ccc(Cn2nnnc2SCCOC[C@@H]2CCCCO2)cc1. The molecule has 0 aliphatic carbocycles. The Morgan fingerprint density at radius 2 is 2.17 bits per heavy atom. The van der Waals surface area contributed by atoms with Crippen LogP contribution in [0, 0.1) is 0 Å². The first-order chi connectivity index (χ1) is 11.4. The van der Waals surface area contributed by atoms with Crippen LogP contribution in [0.5, 0.6) is 0 Å². The second-order valence-corrected chi connectivity index (χ2v) is 6.58. The van der Waals surface area contributed by atoms with Gasteiger partial charge in [-0.05, 0) is 35.3 Å². The lowest BCUT2D eigenvalue weighted by Crippen LogP contribution is -2.24. The summed E-state index contributed by atoms with van der Waals surface area (Å²) >= 11 is 1.62. The van der Waals surface area contributed by atoms with Gasteiger partial charge >= 0.3 is 0 Å². The number of ether oxygens (including phenoxy) is 2. The molecule has 1 aliphatic rings. The second-order valence-electron chi connectivity index (χ2n) is 5.52. The smallest absolute Gasteiger partial charge is 0.209 e. The molecular formula is C16H22N4O2S. The molecule has 124 valence electrons. The van der Waals surface area contributed by atoms with Gasteiger partial charge in [-0.1, -0.05) is 42.1 Å². The predicted molar refractivity (Wildman–Crippen MR) is 88.5 cm³/mol. The number of nitrogens with zero attached hydrogens (tertiary/aromatic N) is 4. The van der Waals surface area contributed by atoms with E-state index in [9.17, 15) is 0 Å². The Morgan fingerprint density at radius 1 is 1.26 bits per heavy atom. The minimum atomic E-state index is 0.275. The zero-order valence-corrected chi connectivity index (χ0v) is 14.0. The van der Waals surface area contributed by atoms with Gasteiger partial charge in [-0.25, -0.2) is 4.68 Å². The Balaban J connectivity index is 1.38. The molecule has 1 fully saturated rings. The van der Waals surface area contributed by atoms with Crippen LogP contribution < -0.4 is 0 Å². The van der Waals surface area contributed by atoms with Crippen molar-refractivity contribution in [1.82, 2.24) is 20.2 Å². The van der Waals surface area contributed by atoms with Crippen molar-refractivity contribution in [2.75, 3.05) is 25.6 Å². The van der Waals surface area contributed by atoms with E-state index in [-0.39, 0.29) is 6.10 Å². The highest BCUT2D eigenvalue weighted by Crippen LogP contribution is 2.16. The maximum Gasteiger partial charge on any atom is 0.209 e. The Kier molecular flexibility index (Phi) is 6.43. The third kappa shape index (κ3) is 5.30. The number of hydrogen-bond donors (Lipinski definition) is 0. The Hall–Kier alpha value is -1.44. The van der Waals surface area contributed by atoms with Crippen LogP contribution in [0.25, 0.3) is 0 Å². The molecule has 2 heterocycles. The predicted octanol–water partition coefficient (Wildman–Crippen LogP) is 2.40. The van der Waals surface area contributed by atoms with Crippen LogP contribution in [0.2, 0.25) is 0 Å². The Labute approximate surface area is 140 Å². The lowest BCUT2D eigenvalue weighted by atomic mass is 10.1. The Morgan fingerprint density at radius 3 is 3.00 bits per heavy atom. The van der Waals surface area contributed by atoms with Gasteiger partial charge in [-0.3, -0.25) is 0 Å². The third-order valence-electron chi connectivity index (χ3n) is 3.71. The molecule has 1 aromatic carbocycles. The molecule has 1 aliphatic heterocycles. The summed E-state index contributed by atoms with van der Waals surface area (Å²) in [7, 11) is 0. The summed E-state index contributed by atoms with van der Waals surface area (Å²) < 4.78 is 13.2. The standard InChI is InChI=1S/C16H22N4O2S/c1-2-6-14(7-3-1)12-20-16(17-18-19-20)23-11-10-21-13-15-8-4-5-9-22-15/h1-3,6-7,15H,4-5,8-13H2/t15-/m0/s1. The van der Waals surface area contributed by atoms with Gasteiger partial charge in [0, 0.05) is 12.4 Å². The highest BCUT2D eigenvalue weighted by molar-refractivity contribution is 7.99. The van der Waals surface area contributed by atoms with Crippen LogP contribution in [-0.4, -0.2) is 51.9 Å². The monoisotopic (exact) mass is 334 g/mol. The molecule has 0 unspecified atom stereocenters. The van der Waals surface area contributed by atoms with E-state index in [1.807, 2.05) is 22.9 Å². The molecule has 0 radical (unpaired) electrons. The molecule has 0 amide bonds. The lowest BCUT2D eigenvalue weighted by molar-refractivity contribution is -0.0376. The van der Waals surface area contributed by atoms with Crippen molar-refractivity contribution in [3.05, 3.63) is 35.9 Å². The third-order valence-corrected chi connectivity index (χ3v) is 4.63. The van der Waals surface area contributed by atoms with Crippen molar-refractivity contribution in [2.45, 2.75) is 37.1 Å². The number of hydrogen-bond acceptors (Lipinski definition) is 6. The summed E-state index contributed by atoms with van der Waals surface area (Å²) in [5.74, 6) is 0.835. The van der Waals surface area contributed by atoms with Crippen molar-refractivity contribution >= 4 is 11.8 Å². The molecule has 0 spiro atoms. The van der Waals surface area contributed by atoms with Gasteiger partial charge in [0.1, 0.15) is 0 Å². The van der Waals surface area contributed by atoms with E-state index >= 15 is 0 Å². The van der Waals surface area contributed by atoms with E-state index in [1.165, 1.54) is 18.4 Å². The fourth-order valence-corrected chi connectivity index (χ4v) is 3.23. The van der Waals surface area contributed by atoms with Crippen molar-refractivity contribution in [2.24, 2.45) is 0 Å². The minimum absolute atomic E-state index is 0.275. The molecule has 6 nitrogen and oxygen atoms in total. The molecular weight excluding hydrogens is 312 g/mol. The van der Waals surface area contributed by atoms with Crippen molar-refractivity contribution in [3.8, 4) is 0 Å². The first-order valence-electron chi connectivity index (χ1n) is 8.04. The molecule has 23 heavy (non-hydrogen) atoms. The van der Waals surface area contributed by atoms with Crippen molar-refractivity contribution in [1.29, 1.82) is 0 Å². The molecule has 1 aromatic heterocycles. The summed E-state index contributed by atoms with van der Waals surface area (Å²) in [6, 6.07) is 10.2. The van der Waals surface area contributed by atoms with Gasteiger partial charge in [0.05, 0.1) is 25.9 Å². The van der Waals surface area contributed by atoms with Gasteiger partial charge in [0.15, 0.2) is 0 Å².